The summed E-state index contributed by atoms with van der Waals surface area (Å²) in [7, 11) is 1.63. The number of aromatic amines is 1. The van der Waals surface area contributed by atoms with Gasteiger partial charge in [-0.25, -0.2) is 4.98 Å². The van der Waals surface area contributed by atoms with E-state index < -0.39 is 0 Å². The third-order valence-electron chi connectivity index (χ3n) is 4.43. The average Bonchev–Trinajstić information content (AvgIpc) is 2.97. The number of likely N-dealkylation sites (tertiary alicyclic amines) is 1. The van der Waals surface area contributed by atoms with Crippen LogP contribution in [0.5, 0.6) is 5.75 Å². The van der Waals surface area contributed by atoms with Crippen LogP contribution >= 0.6 is 11.3 Å². The second-order valence-corrected chi connectivity index (χ2v) is 7.04. The van der Waals surface area contributed by atoms with Crippen LogP contribution in [0.4, 0.5) is 0 Å². The van der Waals surface area contributed by atoms with Gasteiger partial charge in [-0.1, -0.05) is 23.8 Å². The van der Waals surface area contributed by atoms with E-state index in [-0.39, 0.29) is 5.56 Å². The van der Waals surface area contributed by atoms with Crippen LogP contribution in [0, 0.1) is 0 Å². The van der Waals surface area contributed by atoms with E-state index in [1.165, 1.54) is 19.3 Å². The van der Waals surface area contributed by atoms with E-state index >= 15 is 0 Å². The molecule has 23 heavy (non-hydrogen) atoms. The molecule has 6 heteroatoms. The highest BCUT2D eigenvalue weighted by Gasteiger charge is 2.17. The van der Waals surface area contributed by atoms with Crippen molar-refractivity contribution in [2.75, 3.05) is 20.2 Å². The molecule has 0 saturated carbocycles. The molecule has 120 valence electrons. The van der Waals surface area contributed by atoms with E-state index in [4.69, 9.17) is 9.72 Å². The molecule has 5 nitrogen and oxygen atoms in total. The second-order valence-electron chi connectivity index (χ2n) is 5.96. The van der Waals surface area contributed by atoms with Gasteiger partial charge in [0.25, 0.3) is 5.56 Å². The molecule has 1 N–H and O–H groups in total. The van der Waals surface area contributed by atoms with E-state index in [1.807, 2.05) is 18.2 Å². The Kier molecular flexibility index (Phi) is 3.79. The Balaban J connectivity index is 1.84. The number of benzene rings is 1. The fourth-order valence-electron chi connectivity index (χ4n) is 3.30. The Morgan fingerprint density at radius 3 is 2.91 bits per heavy atom. The standard InChI is InChI=1S/C17H19N3O2S/c1-22-12-7-5-6-11-14(12)15-17(19-16(11)21)23-13(18-15)10-20-8-3-2-4-9-20/h5-7H,2-4,8-10H2,1H3,(H,19,21). The Morgan fingerprint density at radius 1 is 1.30 bits per heavy atom. The van der Waals surface area contributed by atoms with Gasteiger partial charge >= 0.3 is 0 Å². The molecule has 0 unspecified atom stereocenters. The molecule has 1 fully saturated rings. The SMILES string of the molecule is COc1cccc2c(=O)[nH]c3sc(CN4CCCCC4)nc3c12. The summed E-state index contributed by atoms with van der Waals surface area (Å²) in [5.74, 6) is 0.702. The van der Waals surface area contributed by atoms with Gasteiger partial charge in [0, 0.05) is 0 Å². The molecule has 3 heterocycles. The first-order valence-corrected chi connectivity index (χ1v) is 8.78. The number of thiazole rings is 1. The number of ether oxygens (including phenoxy) is 1. The molecule has 0 radical (unpaired) electrons. The minimum atomic E-state index is -0.0837. The van der Waals surface area contributed by atoms with Gasteiger partial charge in [0.05, 0.1) is 24.4 Å². The Bertz CT molecular complexity index is 909. The number of pyridine rings is 1. The van der Waals surface area contributed by atoms with Crippen LogP contribution in [0.3, 0.4) is 0 Å². The average molecular weight is 329 g/mol. The molecular formula is C17H19N3O2S. The summed E-state index contributed by atoms with van der Waals surface area (Å²) in [6.45, 7) is 3.13. The minimum absolute atomic E-state index is 0.0837. The number of aromatic nitrogens is 2. The van der Waals surface area contributed by atoms with Crippen molar-refractivity contribution in [2.45, 2.75) is 25.8 Å². The molecule has 0 spiro atoms. The lowest BCUT2D eigenvalue weighted by atomic mass is 10.1. The zero-order chi connectivity index (χ0) is 15.8. The summed E-state index contributed by atoms with van der Waals surface area (Å²) in [4.78, 5) is 23.4. The van der Waals surface area contributed by atoms with Crippen molar-refractivity contribution >= 4 is 32.5 Å². The molecule has 4 rings (SSSR count). The van der Waals surface area contributed by atoms with Gasteiger partial charge in [0.15, 0.2) is 0 Å². The first-order valence-electron chi connectivity index (χ1n) is 7.97. The van der Waals surface area contributed by atoms with Crippen molar-refractivity contribution in [2.24, 2.45) is 0 Å². The van der Waals surface area contributed by atoms with Gasteiger partial charge in [0.1, 0.15) is 21.1 Å². The van der Waals surface area contributed by atoms with Crippen LogP contribution in [0.1, 0.15) is 24.3 Å². The molecule has 0 amide bonds. The van der Waals surface area contributed by atoms with Gasteiger partial charge in [-0.3, -0.25) is 9.69 Å². The number of fused-ring (bicyclic) bond motifs is 3. The molecule has 1 saturated heterocycles. The molecule has 0 atom stereocenters. The van der Waals surface area contributed by atoms with Gasteiger partial charge < -0.3 is 9.72 Å². The summed E-state index contributed by atoms with van der Waals surface area (Å²) in [5, 5.41) is 2.50. The number of rotatable bonds is 3. The lowest BCUT2D eigenvalue weighted by Crippen LogP contribution is -2.28. The first kappa shape index (κ1) is 14.7. The molecule has 3 aromatic rings. The molecule has 0 bridgehead atoms. The van der Waals surface area contributed by atoms with Crippen molar-refractivity contribution in [3.05, 3.63) is 33.6 Å². The summed E-state index contributed by atoms with van der Waals surface area (Å²) >= 11 is 1.58. The summed E-state index contributed by atoms with van der Waals surface area (Å²) in [6.07, 6.45) is 3.85. The molecule has 1 aromatic carbocycles. The summed E-state index contributed by atoms with van der Waals surface area (Å²) in [6, 6.07) is 5.54. The van der Waals surface area contributed by atoms with Gasteiger partial charge in [0.2, 0.25) is 0 Å². The maximum atomic E-state index is 12.3. The summed E-state index contributed by atoms with van der Waals surface area (Å²) in [5.41, 5.74) is 0.758. The van der Waals surface area contributed by atoms with Gasteiger partial charge in [-0.05, 0) is 38.1 Å². The number of nitrogens with zero attached hydrogens (tertiary/aromatic N) is 2. The number of hydrogen-bond acceptors (Lipinski definition) is 5. The zero-order valence-corrected chi connectivity index (χ0v) is 13.9. The minimum Gasteiger partial charge on any atom is -0.496 e. The topological polar surface area (TPSA) is 58.2 Å². The fraction of sp³-hybridized carbons (Fsp3) is 0.412. The number of hydrogen-bond donors (Lipinski definition) is 1. The maximum absolute atomic E-state index is 12.3. The smallest absolute Gasteiger partial charge is 0.257 e. The highest BCUT2D eigenvalue weighted by molar-refractivity contribution is 7.18. The van der Waals surface area contributed by atoms with Crippen LogP contribution in [-0.2, 0) is 6.54 Å². The van der Waals surface area contributed by atoms with E-state index in [2.05, 4.69) is 9.88 Å². The number of nitrogens with one attached hydrogen (secondary N) is 1. The van der Waals surface area contributed by atoms with Gasteiger partial charge in [-0.2, -0.15) is 0 Å². The molecular weight excluding hydrogens is 310 g/mol. The van der Waals surface area contributed by atoms with Crippen molar-refractivity contribution in [3.8, 4) is 5.75 Å². The van der Waals surface area contributed by atoms with E-state index in [1.54, 1.807) is 18.4 Å². The zero-order valence-electron chi connectivity index (χ0n) is 13.1. The van der Waals surface area contributed by atoms with E-state index in [9.17, 15) is 4.79 Å². The highest BCUT2D eigenvalue weighted by Crippen LogP contribution is 2.32. The van der Waals surface area contributed by atoms with Crippen LogP contribution in [0.15, 0.2) is 23.0 Å². The molecule has 2 aromatic heterocycles. The van der Waals surface area contributed by atoms with Crippen molar-refractivity contribution < 1.29 is 4.74 Å². The molecule has 1 aliphatic heterocycles. The highest BCUT2D eigenvalue weighted by atomic mass is 32.1. The van der Waals surface area contributed by atoms with Crippen molar-refractivity contribution in [1.29, 1.82) is 0 Å². The Labute approximate surface area is 137 Å². The molecule has 1 aliphatic rings. The number of H-pyrrole nitrogens is 1. The third kappa shape index (κ3) is 2.62. The van der Waals surface area contributed by atoms with Crippen LogP contribution < -0.4 is 10.3 Å². The van der Waals surface area contributed by atoms with Gasteiger partial charge in [-0.15, -0.1) is 0 Å². The Morgan fingerprint density at radius 2 is 2.13 bits per heavy atom. The lowest BCUT2D eigenvalue weighted by Gasteiger charge is -2.25. The largest absolute Gasteiger partial charge is 0.496 e. The lowest BCUT2D eigenvalue weighted by molar-refractivity contribution is 0.221. The maximum Gasteiger partial charge on any atom is 0.257 e. The number of methoxy groups -OCH3 is 1. The molecule has 0 aliphatic carbocycles. The first-order chi connectivity index (χ1) is 11.3. The second kappa shape index (κ2) is 5.94. The monoisotopic (exact) mass is 329 g/mol. The van der Waals surface area contributed by atoms with E-state index in [0.29, 0.717) is 11.1 Å². The summed E-state index contributed by atoms with van der Waals surface area (Å²) < 4.78 is 5.45. The quantitative estimate of drug-likeness (QED) is 0.802. The van der Waals surface area contributed by atoms with Crippen LogP contribution in [-0.4, -0.2) is 35.1 Å². The predicted octanol–water partition coefficient (Wildman–Crippen LogP) is 3.13. The van der Waals surface area contributed by atoms with E-state index in [0.717, 1.165) is 40.4 Å². The van der Waals surface area contributed by atoms with Crippen molar-refractivity contribution in [3.63, 3.8) is 0 Å². The third-order valence-corrected chi connectivity index (χ3v) is 5.39. The predicted molar refractivity (Wildman–Crippen MR) is 93.4 cm³/mol. The van der Waals surface area contributed by atoms with Crippen molar-refractivity contribution in [1.82, 2.24) is 14.9 Å². The van der Waals surface area contributed by atoms with Crippen LogP contribution in [0.25, 0.3) is 21.1 Å². The normalized spacial score (nSPS) is 16.2. The van der Waals surface area contributed by atoms with Crippen LogP contribution in [0.2, 0.25) is 0 Å². The Hall–Kier alpha value is -1.92. The number of piperidine rings is 1. The fourth-order valence-corrected chi connectivity index (χ4v) is 4.31.